The Labute approximate surface area is 111 Å². The average Bonchev–Trinajstić information content (AvgIpc) is 2.99. The molecule has 0 bridgehead atoms. The molecular weight excluding hydrogens is 238 g/mol. The number of amides is 1. The van der Waals surface area contributed by atoms with Crippen LogP contribution in [0.15, 0.2) is 42.5 Å². The molecule has 1 aliphatic rings. The van der Waals surface area contributed by atoms with Crippen molar-refractivity contribution in [3.63, 3.8) is 0 Å². The lowest BCUT2D eigenvalue weighted by molar-refractivity contribution is -0.125. The third kappa shape index (κ3) is 2.24. The molecule has 19 heavy (non-hydrogen) atoms. The van der Waals surface area contributed by atoms with E-state index in [0.717, 1.165) is 23.6 Å². The van der Waals surface area contributed by atoms with E-state index >= 15 is 0 Å². The van der Waals surface area contributed by atoms with Crippen molar-refractivity contribution in [3.8, 4) is 0 Å². The van der Waals surface area contributed by atoms with E-state index in [0.29, 0.717) is 18.7 Å². The predicted molar refractivity (Wildman–Crippen MR) is 74.1 cm³/mol. The third-order valence-electron chi connectivity index (χ3n) is 3.60. The maximum atomic E-state index is 12.2. The first-order chi connectivity index (χ1) is 9.25. The summed E-state index contributed by atoms with van der Waals surface area (Å²) in [6.07, 6.45) is 1.99. The predicted octanol–water partition coefficient (Wildman–Crippen LogP) is 2.64. The molecule has 3 rings (SSSR count). The van der Waals surface area contributed by atoms with Gasteiger partial charge in [-0.1, -0.05) is 36.4 Å². The summed E-state index contributed by atoms with van der Waals surface area (Å²) < 4.78 is 0. The maximum absolute atomic E-state index is 12.2. The van der Waals surface area contributed by atoms with Crippen LogP contribution in [-0.2, 0) is 4.79 Å². The number of ketones is 1. The standard InChI is InChI=1S/C16H15NO2/c18-15(16(19)17-9-3-4-10-17)14-8-7-12-5-1-2-6-13(12)11-14/h1-2,5-8,11H,3-4,9-10H2. The van der Waals surface area contributed by atoms with Gasteiger partial charge < -0.3 is 4.90 Å². The first kappa shape index (κ1) is 11.9. The van der Waals surface area contributed by atoms with E-state index in [4.69, 9.17) is 0 Å². The van der Waals surface area contributed by atoms with Gasteiger partial charge in [0.25, 0.3) is 5.91 Å². The molecule has 1 aliphatic heterocycles. The normalized spacial score (nSPS) is 14.8. The van der Waals surface area contributed by atoms with Gasteiger partial charge in [0.1, 0.15) is 0 Å². The number of Topliss-reactive ketones (excluding diaryl/α,β-unsaturated/α-hetero) is 1. The van der Waals surface area contributed by atoms with Crippen LogP contribution in [0.5, 0.6) is 0 Å². The van der Waals surface area contributed by atoms with Crippen LogP contribution in [0.4, 0.5) is 0 Å². The van der Waals surface area contributed by atoms with Gasteiger partial charge in [0.15, 0.2) is 0 Å². The van der Waals surface area contributed by atoms with Crippen molar-refractivity contribution in [1.29, 1.82) is 0 Å². The lowest BCUT2D eigenvalue weighted by Gasteiger charge is -2.14. The highest BCUT2D eigenvalue weighted by Gasteiger charge is 2.25. The third-order valence-corrected chi connectivity index (χ3v) is 3.60. The molecule has 0 aromatic heterocycles. The molecule has 3 heteroatoms. The summed E-state index contributed by atoms with van der Waals surface area (Å²) in [5.74, 6) is -0.763. The van der Waals surface area contributed by atoms with Gasteiger partial charge in [-0.2, -0.15) is 0 Å². The SMILES string of the molecule is O=C(C(=O)N1CCCC1)c1ccc2ccccc2c1. The summed E-state index contributed by atoms with van der Waals surface area (Å²) >= 11 is 0. The molecule has 0 saturated carbocycles. The molecule has 0 aliphatic carbocycles. The molecular formula is C16H15NO2. The van der Waals surface area contributed by atoms with Gasteiger partial charge in [-0.3, -0.25) is 9.59 Å². The topological polar surface area (TPSA) is 37.4 Å². The van der Waals surface area contributed by atoms with Crippen LogP contribution in [0.25, 0.3) is 10.8 Å². The van der Waals surface area contributed by atoms with E-state index < -0.39 is 5.78 Å². The summed E-state index contributed by atoms with van der Waals surface area (Å²) in [4.78, 5) is 25.9. The highest BCUT2D eigenvalue weighted by atomic mass is 16.2. The quantitative estimate of drug-likeness (QED) is 0.609. The zero-order valence-corrected chi connectivity index (χ0v) is 10.6. The Morgan fingerprint density at radius 2 is 1.58 bits per heavy atom. The van der Waals surface area contributed by atoms with Crippen molar-refractivity contribution in [3.05, 3.63) is 48.0 Å². The molecule has 0 radical (unpaired) electrons. The van der Waals surface area contributed by atoms with E-state index in [-0.39, 0.29) is 5.91 Å². The van der Waals surface area contributed by atoms with Gasteiger partial charge in [-0.15, -0.1) is 0 Å². The number of hydrogen-bond acceptors (Lipinski definition) is 2. The van der Waals surface area contributed by atoms with E-state index in [1.54, 1.807) is 17.0 Å². The molecule has 0 spiro atoms. The molecule has 1 saturated heterocycles. The minimum atomic E-state index is -0.396. The fourth-order valence-corrected chi connectivity index (χ4v) is 2.52. The Bertz CT molecular complexity index is 642. The van der Waals surface area contributed by atoms with Gasteiger partial charge in [-0.05, 0) is 29.7 Å². The lowest BCUT2D eigenvalue weighted by atomic mass is 10.0. The summed E-state index contributed by atoms with van der Waals surface area (Å²) in [6.45, 7) is 1.41. The first-order valence-corrected chi connectivity index (χ1v) is 6.58. The van der Waals surface area contributed by atoms with E-state index in [1.165, 1.54) is 0 Å². The van der Waals surface area contributed by atoms with Gasteiger partial charge in [0, 0.05) is 18.7 Å². The number of hydrogen-bond donors (Lipinski definition) is 0. The second kappa shape index (κ2) is 4.84. The van der Waals surface area contributed by atoms with E-state index in [2.05, 4.69) is 0 Å². The summed E-state index contributed by atoms with van der Waals surface area (Å²) in [5.41, 5.74) is 0.482. The van der Waals surface area contributed by atoms with Crippen molar-refractivity contribution >= 4 is 22.5 Å². The number of rotatable bonds is 2. The number of carbonyl (C=O) groups is 2. The van der Waals surface area contributed by atoms with Gasteiger partial charge in [-0.25, -0.2) is 0 Å². The first-order valence-electron chi connectivity index (χ1n) is 6.58. The number of benzene rings is 2. The highest BCUT2D eigenvalue weighted by molar-refractivity contribution is 6.43. The smallest absolute Gasteiger partial charge is 0.294 e. The van der Waals surface area contributed by atoms with Crippen molar-refractivity contribution < 1.29 is 9.59 Å². The van der Waals surface area contributed by atoms with Crippen LogP contribution in [-0.4, -0.2) is 29.7 Å². The van der Waals surface area contributed by atoms with Crippen LogP contribution >= 0.6 is 0 Å². The molecule has 96 valence electrons. The maximum Gasteiger partial charge on any atom is 0.294 e. The summed E-state index contributed by atoms with van der Waals surface area (Å²) in [7, 11) is 0. The fourth-order valence-electron chi connectivity index (χ4n) is 2.52. The number of likely N-dealkylation sites (tertiary alicyclic amines) is 1. The Morgan fingerprint density at radius 1 is 0.895 bits per heavy atom. The number of nitrogens with zero attached hydrogens (tertiary/aromatic N) is 1. The number of fused-ring (bicyclic) bond motifs is 1. The van der Waals surface area contributed by atoms with Crippen molar-refractivity contribution in [1.82, 2.24) is 4.90 Å². The zero-order valence-electron chi connectivity index (χ0n) is 10.6. The van der Waals surface area contributed by atoms with Crippen LogP contribution in [0, 0.1) is 0 Å². The van der Waals surface area contributed by atoms with E-state index in [9.17, 15) is 9.59 Å². The molecule has 0 atom stereocenters. The summed E-state index contributed by atoms with van der Waals surface area (Å²) in [5, 5.41) is 2.07. The van der Waals surface area contributed by atoms with Crippen molar-refractivity contribution in [2.24, 2.45) is 0 Å². The largest absolute Gasteiger partial charge is 0.336 e. The molecule has 0 unspecified atom stereocenters. The molecule has 2 aromatic carbocycles. The Hall–Kier alpha value is -2.16. The van der Waals surface area contributed by atoms with Crippen molar-refractivity contribution in [2.75, 3.05) is 13.1 Å². The van der Waals surface area contributed by atoms with Gasteiger partial charge in [0.2, 0.25) is 5.78 Å². The van der Waals surface area contributed by atoms with Gasteiger partial charge in [0.05, 0.1) is 0 Å². The molecule has 1 fully saturated rings. The zero-order chi connectivity index (χ0) is 13.2. The van der Waals surface area contributed by atoms with E-state index in [1.807, 2.05) is 30.3 Å². The van der Waals surface area contributed by atoms with Crippen LogP contribution in [0.1, 0.15) is 23.2 Å². The second-order valence-corrected chi connectivity index (χ2v) is 4.89. The monoisotopic (exact) mass is 253 g/mol. The van der Waals surface area contributed by atoms with Crippen molar-refractivity contribution in [2.45, 2.75) is 12.8 Å². The molecule has 1 amide bonds. The lowest BCUT2D eigenvalue weighted by Crippen LogP contribution is -2.34. The average molecular weight is 253 g/mol. The summed E-state index contributed by atoms with van der Waals surface area (Å²) in [6, 6.07) is 13.3. The Balaban J connectivity index is 1.90. The van der Waals surface area contributed by atoms with Gasteiger partial charge >= 0.3 is 0 Å². The Morgan fingerprint density at radius 3 is 2.32 bits per heavy atom. The molecule has 0 N–H and O–H groups in total. The fraction of sp³-hybridized carbons (Fsp3) is 0.250. The second-order valence-electron chi connectivity index (χ2n) is 4.89. The molecule has 3 nitrogen and oxygen atoms in total. The Kier molecular flexibility index (Phi) is 3.03. The molecule has 1 heterocycles. The van der Waals surface area contributed by atoms with Crippen LogP contribution < -0.4 is 0 Å². The minimum absolute atomic E-state index is 0.368. The van der Waals surface area contributed by atoms with Crippen LogP contribution in [0.2, 0.25) is 0 Å². The molecule has 2 aromatic rings. The number of carbonyl (C=O) groups excluding carboxylic acids is 2. The minimum Gasteiger partial charge on any atom is -0.336 e. The van der Waals surface area contributed by atoms with Crippen LogP contribution in [0.3, 0.4) is 0 Å². The highest BCUT2D eigenvalue weighted by Crippen LogP contribution is 2.17.